The first-order valence-electron chi connectivity index (χ1n) is 16.6. The lowest BCUT2D eigenvalue weighted by Gasteiger charge is -2.14. The Kier molecular flexibility index (Phi) is 13.0. The van der Waals surface area contributed by atoms with Crippen molar-refractivity contribution in [1.29, 1.82) is 5.41 Å². The molecule has 0 aliphatic heterocycles. The Morgan fingerprint density at radius 3 is 2.42 bits per heavy atom. The number of fused-ring (bicyclic) bond motifs is 1. The maximum absolute atomic E-state index is 13.3. The number of anilines is 1. The van der Waals surface area contributed by atoms with Gasteiger partial charge in [0.05, 0.1) is 35.2 Å². The summed E-state index contributed by atoms with van der Waals surface area (Å²) in [5, 5.41) is 13.3. The number of hydrazone groups is 1. The molecule has 0 bridgehead atoms. The molecule has 256 valence electrons. The van der Waals surface area contributed by atoms with E-state index in [-0.39, 0.29) is 5.75 Å². The molecule has 0 aliphatic rings. The molecule has 0 spiro atoms. The lowest BCUT2D eigenvalue weighted by Crippen LogP contribution is -2.10. The number of nitrogens with one attached hydrogen (secondary N) is 2. The van der Waals surface area contributed by atoms with E-state index in [1.807, 2.05) is 30.3 Å². The number of carbonyl (C=O) groups is 2. The van der Waals surface area contributed by atoms with Crippen LogP contribution in [-0.4, -0.2) is 42.6 Å². The number of thiazole rings is 1. The molecule has 50 heavy (non-hydrogen) atoms. The molecule has 5 aromatic rings. The molecule has 0 radical (unpaired) electrons. The van der Waals surface area contributed by atoms with Crippen molar-refractivity contribution in [2.45, 2.75) is 45.4 Å². The second-order valence-electron chi connectivity index (χ2n) is 11.5. The maximum Gasteiger partial charge on any atom is 0.343 e. The summed E-state index contributed by atoms with van der Waals surface area (Å²) in [7, 11) is 0. The number of para-hydroxylation sites is 1. The molecule has 1 heterocycles. The minimum absolute atomic E-state index is 0.248. The topological polar surface area (TPSA) is 123 Å². The number of aromatic nitrogens is 1. The first-order chi connectivity index (χ1) is 24.5. The molecular weight excluding hydrogens is 649 g/mol. The highest BCUT2D eigenvalue weighted by atomic mass is 32.1. The summed E-state index contributed by atoms with van der Waals surface area (Å²) in [6, 6.07) is 26.6. The monoisotopic (exact) mass is 688 g/mol. The fraction of sp³-hybridized carbons (Fsp3) is 0.225. The maximum atomic E-state index is 13.3. The molecule has 0 atom stereocenters. The van der Waals surface area contributed by atoms with E-state index in [9.17, 15) is 9.59 Å². The Hall–Kier alpha value is -5.61. The number of rotatable bonds is 18. The van der Waals surface area contributed by atoms with Crippen LogP contribution in [0.3, 0.4) is 0 Å². The molecule has 9 nitrogen and oxygen atoms in total. The van der Waals surface area contributed by atoms with E-state index in [0.29, 0.717) is 40.8 Å². The van der Waals surface area contributed by atoms with Crippen molar-refractivity contribution in [1.82, 2.24) is 4.98 Å². The van der Waals surface area contributed by atoms with Crippen molar-refractivity contribution in [3.8, 4) is 22.6 Å². The van der Waals surface area contributed by atoms with Crippen LogP contribution in [0.25, 0.3) is 21.3 Å². The molecule has 2 N–H and O–H groups in total. The van der Waals surface area contributed by atoms with Gasteiger partial charge in [-0.2, -0.15) is 5.10 Å². The quantitative estimate of drug-likeness (QED) is 0.0235. The normalized spacial score (nSPS) is 11.0. The summed E-state index contributed by atoms with van der Waals surface area (Å²) in [4.78, 5) is 28.9. The third kappa shape index (κ3) is 9.96. The average molecular weight is 689 g/mol. The fourth-order valence-electron chi connectivity index (χ4n) is 5.21. The van der Waals surface area contributed by atoms with Gasteiger partial charge in [-0.15, -0.1) is 0 Å². The van der Waals surface area contributed by atoms with Crippen molar-refractivity contribution in [3.63, 3.8) is 0 Å². The van der Waals surface area contributed by atoms with E-state index < -0.39 is 11.9 Å². The van der Waals surface area contributed by atoms with Crippen LogP contribution in [0.1, 0.15) is 66.1 Å². The van der Waals surface area contributed by atoms with E-state index in [1.54, 1.807) is 36.5 Å². The predicted molar refractivity (Wildman–Crippen MR) is 201 cm³/mol. The van der Waals surface area contributed by atoms with Crippen LogP contribution in [0.5, 0.6) is 11.5 Å². The third-order valence-corrected chi connectivity index (χ3v) is 8.75. The molecule has 1 aromatic heterocycles. The molecule has 0 saturated carbocycles. The number of benzene rings is 4. The molecule has 10 heteroatoms. The summed E-state index contributed by atoms with van der Waals surface area (Å²) in [5.74, 6) is -0.0573. The van der Waals surface area contributed by atoms with E-state index in [2.05, 4.69) is 53.3 Å². The second kappa shape index (κ2) is 18.2. The van der Waals surface area contributed by atoms with E-state index >= 15 is 0 Å². The van der Waals surface area contributed by atoms with Gasteiger partial charge in [0.1, 0.15) is 11.5 Å². The Morgan fingerprint density at radius 1 is 0.940 bits per heavy atom. The van der Waals surface area contributed by atoms with Gasteiger partial charge in [0.15, 0.2) is 0 Å². The summed E-state index contributed by atoms with van der Waals surface area (Å²) >= 11 is 1.51. The molecule has 5 rings (SSSR count). The SMILES string of the molecule is C=CC(=O)OCCCCCCOc1ccc(C(=O)Oc2cc(/C=N/Nc3nc4ccccc4s3)c(-c3ccc(CCC)cc3)cc2C=N)cc1. The number of hydrogen-bond donors (Lipinski definition) is 2. The van der Waals surface area contributed by atoms with Gasteiger partial charge in [0.25, 0.3) is 0 Å². The minimum atomic E-state index is -0.552. The zero-order valence-electron chi connectivity index (χ0n) is 28.0. The molecule has 0 amide bonds. The number of nitrogens with zero attached hydrogens (tertiary/aromatic N) is 2. The molecular formula is C40H40N4O5S. The highest BCUT2D eigenvalue weighted by Crippen LogP contribution is 2.31. The first kappa shape index (κ1) is 35.7. The summed E-state index contributed by atoms with van der Waals surface area (Å²) in [5.41, 5.74) is 8.50. The first-order valence-corrected chi connectivity index (χ1v) is 17.5. The van der Waals surface area contributed by atoms with Crippen LogP contribution >= 0.6 is 11.3 Å². The van der Waals surface area contributed by atoms with Gasteiger partial charge in [-0.3, -0.25) is 5.43 Å². The van der Waals surface area contributed by atoms with E-state index in [4.69, 9.17) is 19.6 Å². The molecule has 0 aliphatic carbocycles. The second-order valence-corrected chi connectivity index (χ2v) is 12.5. The standard InChI is InChI=1S/C40H40N4O5S/c1-3-11-28-14-16-29(17-15-28)34-24-31(26-41)36(25-32(34)27-42-44-40-43-35-12-7-8-13-37(35)50-40)49-39(46)30-18-20-33(21-19-30)47-22-9-5-6-10-23-48-38(45)4-2/h4,7-8,12-21,24-27,41H,2-3,5-6,9-11,22-23H2,1H3,(H,43,44)/b41-26?,42-27+. The van der Waals surface area contributed by atoms with Gasteiger partial charge >= 0.3 is 11.9 Å². The number of esters is 2. The van der Waals surface area contributed by atoms with Crippen molar-refractivity contribution < 1.29 is 23.8 Å². The summed E-state index contributed by atoms with van der Waals surface area (Å²) < 4.78 is 17.7. The highest BCUT2D eigenvalue weighted by molar-refractivity contribution is 7.22. The number of unbranched alkanes of at least 4 members (excludes halogenated alkanes) is 3. The van der Waals surface area contributed by atoms with Gasteiger partial charge in [0, 0.05) is 23.4 Å². The Balaban J connectivity index is 1.26. The van der Waals surface area contributed by atoms with Crippen LogP contribution in [0.4, 0.5) is 5.13 Å². The fourth-order valence-corrected chi connectivity index (χ4v) is 6.03. The van der Waals surface area contributed by atoms with Crippen LogP contribution in [0.15, 0.2) is 103 Å². The van der Waals surface area contributed by atoms with Crippen LogP contribution in [-0.2, 0) is 16.0 Å². The van der Waals surface area contributed by atoms with Gasteiger partial charge in [-0.1, -0.05) is 67.7 Å². The zero-order valence-corrected chi connectivity index (χ0v) is 28.8. The summed E-state index contributed by atoms with van der Waals surface area (Å²) in [6.45, 7) is 6.45. The Bertz CT molecular complexity index is 1920. The number of ether oxygens (including phenoxy) is 3. The molecule has 4 aromatic carbocycles. The highest BCUT2D eigenvalue weighted by Gasteiger charge is 2.16. The lowest BCUT2D eigenvalue weighted by molar-refractivity contribution is -0.137. The van der Waals surface area contributed by atoms with Gasteiger partial charge in [-0.05, 0) is 97.3 Å². The van der Waals surface area contributed by atoms with Crippen LogP contribution in [0, 0.1) is 5.41 Å². The van der Waals surface area contributed by atoms with Crippen molar-refractivity contribution >= 4 is 51.1 Å². The molecule has 0 unspecified atom stereocenters. The molecule has 0 saturated heterocycles. The van der Waals surface area contributed by atoms with Crippen molar-refractivity contribution in [2.75, 3.05) is 18.6 Å². The zero-order chi connectivity index (χ0) is 35.1. The van der Waals surface area contributed by atoms with Crippen molar-refractivity contribution in [2.24, 2.45) is 5.10 Å². The van der Waals surface area contributed by atoms with Crippen LogP contribution in [0.2, 0.25) is 0 Å². The van der Waals surface area contributed by atoms with Crippen molar-refractivity contribution in [3.05, 3.63) is 120 Å². The Labute approximate surface area is 296 Å². The minimum Gasteiger partial charge on any atom is -0.494 e. The number of aryl methyl sites for hydroxylation is 1. The lowest BCUT2D eigenvalue weighted by atomic mass is 9.96. The van der Waals surface area contributed by atoms with Crippen LogP contribution < -0.4 is 14.9 Å². The smallest absolute Gasteiger partial charge is 0.343 e. The van der Waals surface area contributed by atoms with Gasteiger partial charge in [-0.25, -0.2) is 14.6 Å². The molecule has 0 fully saturated rings. The average Bonchev–Trinajstić information content (AvgIpc) is 3.56. The summed E-state index contributed by atoms with van der Waals surface area (Å²) in [6.07, 6.45) is 9.59. The number of hydrogen-bond acceptors (Lipinski definition) is 10. The van der Waals surface area contributed by atoms with E-state index in [0.717, 1.165) is 65.9 Å². The number of carbonyl (C=O) groups excluding carboxylic acids is 2. The van der Waals surface area contributed by atoms with Gasteiger partial charge < -0.3 is 19.6 Å². The largest absolute Gasteiger partial charge is 0.494 e. The third-order valence-electron chi connectivity index (χ3n) is 7.81. The van der Waals surface area contributed by atoms with E-state index in [1.165, 1.54) is 23.1 Å². The van der Waals surface area contributed by atoms with Gasteiger partial charge in [0.2, 0.25) is 5.13 Å². The predicted octanol–water partition coefficient (Wildman–Crippen LogP) is 9.25. The Morgan fingerprint density at radius 2 is 1.70 bits per heavy atom.